The Kier molecular flexibility index (Phi) is 6.45. The number of rotatable bonds is 5. The van der Waals surface area contributed by atoms with E-state index in [9.17, 15) is 39.6 Å². The zero-order valence-corrected chi connectivity index (χ0v) is 14.7. The van der Waals surface area contributed by atoms with Crippen LogP contribution in [0.1, 0.15) is 19.3 Å². The van der Waals surface area contributed by atoms with Crippen molar-refractivity contribution < 1.29 is 49.1 Å². The molecule has 1 aliphatic carbocycles. The van der Waals surface area contributed by atoms with Crippen LogP contribution >= 0.6 is 0 Å². The van der Waals surface area contributed by atoms with Crippen LogP contribution in [0.3, 0.4) is 0 Å². The van der Waals surface area contributed by atoms with E-state index in [1.807, 2.05) is 0 Å². The summed E-state index contributed by atoms with van der Waals surface area (Å²) in [5.74, 6) is -3.96. The van der Waals surface area contributed by atoms with Gasteiger partial charge in [-0.3, -0.25) is 9.59 Å². The summed E-state index contributed by atoms with van der Waals surface area (Å²) in [6, 6.07) is 0. The third kappa shape index (κ3) is 5.04. The summed E-state index contributed by atoms with van der Waals surface area (Å²) in [5, 5.41) is -1.73. The van der Waals surface area contributed by atoms with E-state index in [2.05, 4.69) is 9.47 Å². The van der Waals surface area contributed by atoms with E-state index < -0.39 is 67.4 Å². The quantitative estimate of drug-likeness (QED) is 0.620. The van der Waals surface area contributed by atoms with Crippen molar-refractivity contribution in [3.05, 3.63) is 0 Å². The van der Waals surface area contributed by atoms with E-state index in [1.165, 1.54) is 0 Å². The van der Waals surface area contributed by atoms with Gasteiger partial charge in [0.1, 0.15) is 0 Å². The van der Waals surface area contributed by atoms with Gasteiger partial charge in [0.15, 0.2) is 0 Å². The van der Waals surface area contributed by atoms with Crippen molar-refractivity contribution in [3.63, 3.8) is 0 Å². The molecular weight excluding hydrogens is 395 g/mol. The second-order valence-electron chi connectivity index (χ2n) is 5.35. The van der Waals surface area contributed by atoms with Gasteiger partial charge >= 0.3 is 27.5 Å². The summed E-state index contributed by atoms with van der Waals surface area (Å²) in [7, 11) is -9.18. The van der Waals surface area contributed by atoms with Gasteiger partial charge in [0.25, 0.3) is 0 Å². The highest BCUT2D eigenvalue weighted by Gasteiger charge is 2.51. The number of hydrogen-bond donors (Lipinski definition) is 1. The average Bonchev–Trinajstić information content (AvgIpc) is 2.50. The lowest BCUT2D eigenvalue weighted by Crippen LogP contribution is -2.48. The van der Waals surface area contributed by atoms with E-state index in [0.29, 0.717) is 4.13 Å². The zero-order chi connectivity index (χ0) is 19.6. The molecule has 0 amide bonds. The molecule has 1 N–H and O–H groups in total. The first-order valence-corrected chi connectivity index (χ1v) is 9.77. The maximum Gasteiger partial charge on any atom is 0.512 e. The summed E-state index contributed by atoms with van der Waals surface area (Å²) in [6.07, 6.45) is -1.12. The van der Waals surface area contributed by atoms with Gasteiger partial charge in [-0.25, -0.2) is 16.8 Å². The number of alkyl halides is 3. The van der Waals surface area contributed by atoms with Crippen molar-refractivity contribution in [3.8, 4) is 0 Å². The fourth-order valence-electron chi connectivity index (χ4n) is 2.51. The maximum atomic E-state index is 12.4. The SMILES string of the molecule is COC(=O)C1CC(C(=O)OC)CC(S(=O)(=O)NS(=O)(=O)C(F)(F)F)C1. The summed E-state index contributed by atoms with van der Waals surface area (Å²) in [5.41, 5.74) is -5.84. The van der Waals surface area contributed by atoms with Gasteiger partial charge in [-0.2, -0.15) is 13.2 Å². The Bertz CT molecular complexity index is 707. The molecule has 2 unspecified atom stereocenters. The van der Waals surface area contributed by atoms with E-state index in [-0.39, 0.29) is 6.42 Å². The molecule has 0 aromatic carbocycles. The fourth-order valence-corrected chi connectivity index (χ4v) is 5.62. The normalized spacial score (nSPS) is 25.2. The van der Waals surface area contributed by atoms with Crippen molar-refractivity contribution >= 4 is 32.0 Å². The van der Waals surface area contributed by atoms with Crippen LogP contribution in [0.25, 0.3) is 0 Å². The van der Waals surface area contributed by atoms with Gasteiger partial charge in [-0.15, -0.1) is 4.13 Å². The van der Waals surface area contributed by atoms with Crippen molar-refractivity contribution in [1.82, 2.24) is 4.13 Å². The van der Waals surface area contributed by atoms with Crippen LogP contribution in [0, 0.1) is 11.8 Å². The summed E-state index contributed by atoms with van der Waals surface area (Å²) in [6.45, 7) is 0. The number of esters is 2. The Morgan fingerprint density at radius 1 is 0.920 bits per heavy atom. The Balaban J connectivity index is 3.15. The highest BCUT2D eigenvalue weighted by molar-refractivity contribution is 8.05. The Morgan fingerprint density at radius 2 is 1.32 bits per heavy atom. The molecule has 1 aliphatic rings. The van der Waals surface area contributed by atoms with E-state index in [4.69, 9.17) is 0 Å². The van der Waals surface area contributed by atoms with Crippen molar-refractivity contribution in [2.75, 3.05) is 14.2 Å². The minimum atomic E-state index is -6.16. The smallest absolute Gasteiger partial charge is 0.469 e. The second kappa shape index (κ2) is 7.45. The molecule has 14 heteroatoms. The van der Waals surface area contributed by atoms with Gasteiger partial charge in [0.2, 0.25) is 10.0 Å². The molecule has 0 aromatic heterocycles. The van der Waals surface area contributed by atoms with Gasteiger partial charge in [-0.05, 0) is 19.3 Å². The van der Waals surface area contributed by atoms with E-state index in [1.54, 1.807) is 0 Å². The number of carbonyl (C=O) groups excluding carboxylic acids is 2. The van der Waals surface area contributed by atoms with Gasteiger partial charge < -0.3 is 9.47 Å². The van der Waals surface area contributed by atoms with Crippen LogP contribution in [-0.4, -0.2) is 53.8 Å². The van der Waals surface area contributed by atoms with Gasteiger partial charge in [-0.1, -0.05) is 0 Å². The number of sulfonamides is 2. The molecule has 0 heterocycles. The zero-order valence-electron chi connectivity index (χ0n) is 13.1. The third-order valence-electron chi connectivity index (χ3n) is 3.70. The molecule has 0 radical (unpaired) electrons. The highest BCUT2D eigenvalue weighted by Crippen LogP contribution is 2.35. The molecule has 0 spiro atoms. The van der Waals surface area contributed by atoms with Gasteiger partial charge in [0, 0.05) is 0 Å². The lowest BCUT2D eigenvalue weighted by atomic mass is 9.81. The van der Waals surface area contributed by atoms with Crippen LogP contribution in [-0.2, 0) is 39.1 Å². The van der Waals surface area contributed by atoms with Crippen LogP contribution in [0.4, 0.5) is 13.2 Å². The first-order valence-electron chi connectivity index (χ1n) is 6.74. The monoisotopic (exact) mass is 411 g/mol. The molecule has 1 rings (SSSR count). The number of halogens is 3. The molecule has 146 valence electrons. The second-order valence-corrected chi connectivity index (χ2v) is 9.24. The Labute approximate surface area is 142 Å². The molecular formula is C11H16F3NO8S2. The molecule has 25 heavy (non-hydrogen) atoms. The molecule has 0 aliphatic heterocycles. The lowest BCUT2D eigenvalue weighted by Gasteiger charge is -2.31. The van der Waals surface area contributed by atoms with Crippen molar-refractivity contribution in [2.24, 2.45) is 11.8 Å². The predicted molar refractivity (Wildman–Crippen MR) is 75.7 cm³/mol. The van der Waals surface area contributed by atoms with E-state index >= 15 is 0 Å². The Hall–Kier alpha value is -1.41. The van der Waals surface area contributed by atoms with Crippen LogP contribution in [0.5, 0.6) is 0 Å². The minimum absolute atomic E-state index is 0.128. The van der Waals surface area contributed by atoms with Crippen LogP contribution in [0.2, 0.25) is 0 Å². The largest absolute Gasteiger partial charge is 0.512 e. The topological polar surface area (TPSA) is 133 Å². The standard InChI is InChI=1S/C11H16F3NO8S2/c1-22-9(16)6-3-7(10(17)23-2)5-8(4-6)24(18,19)15-25(20,21)11(12,13)14/h6-8,15H,3-5H2,1-2H3. The molecule has 1 saturated carbocycles. The van der Waals surface area contributed by atoms with Gasteiger partial charge in [0.05, 0.1) is 31.3 Å². The molecule has 1 fully saturated rings. The molecule has 0 saturated heterocycles. The number of carbonyl (C=O) groups is 2. The number of methoxy groups -OCH3 is 2. The van der Waals surface area contributed by atoms with Crippen LogP contribution < -0.4 is 4.13 Å². The minimum Gasteiger partial charge on any atom is -0.469 e. The number of ether oxygens (including phenoxy) is 2. The van der Waals surface area contributed by atoms with Crippen molar-refractivity contribution in [1.29, 1.82) is 0 Å². The first-order chi connectivity index (χ1) is 11.2. The highest BCUT2D eigenvalue weighted by atomic mass is 32.3. The first kappa shape index (κ1) is 21.6. The molecule has 0 aromatic rings. The summed E-state index contributed by atoms with van der Waals surface area (Å²) in [4.78, 5) is 23.3. The maximum absolute atomic E-state index is 12.4. The molecule has 9 nitrogen and oxygen atoms in total. The van der Waals surface area contributed by atoms with Crippen LogP contribution in [0.15, 0.2) is 0 Å². The predicted octanol–water partition coefficient (Wildman–Crippen LogP) is -0.114. The lowest BCUT2D eigenvalue weighted by molar-refractivity contribution is -0.151. The number of hydrogen-bond acceptors (Lipinski definition) is 8. The molecule has 2 atom stereocenters. The summed E-state index contributed by atoms with van der Waals surface area (Å²) < 4.78 is 92.9. The van der Waals surface area contributed by atoms with E-state index in [0.717, 1.165) is 14.2 Å². The summed E-state index contributed by atoms with van der Waals surface area (Å²) >= 11 is 0. The average molecular weight is 411 g/mol. The molecule has 0 bridgehead atoms. The third-order valence-corrected chi connectivity index (χ3v) is 7.38. The Morgan fingerprint density at radius 3 is 1.64 bits per heavy atom. The van der Waals surface area contributed by atoms with Crippen molar-refractivity contribution in [2.45, 2.75) is 30.0 Å². The number of nitrogens with one attached hydrogen (secondary N) is 1. The fraction of sp³-hybridized carbons (Fsp3) is 0.818.